The zero-order valence-electron chi connectivity index (χ0n) is 16.6. The number of hydrogen-bond acceptors (Lipinski definition) is 4. The number of rotatable bonds is 10. The molecule has 1 atom stereocenters. The standard InChI is InChI=1S/C15H12O2.C8H17NO2/c16-15(17)14(13-9-5-2-6-10-13)11-12-7-3-1-4-8-12;1-3-4-5-6-7-8(2)11-9-10/h1-11H,(H,16,17);8H,3-7H2,1-2H3. The molecule has 0 aromatic heterocycles. The monoisotopic (exact) mass is 383 g/mol. The lowest BCUT2D eigenvalue weighted by molar-refractivity contribution is -0.130. The highest BCUT2D eigenvalue weighted by Crippen LogP contribution is 2.18. The van der Waals surface area contributed by atoms with Gasteiger partial charge in [0.1, 0.15) is 6.10 Å². The van der Waals surface area contributed by atoms with Gasteiger partial charge in [-0.15, -0.1) is 4.91 Å². The number of carbonyl (C=O) groups is 1. The van der Waals surface area contributed by atoms with Gasteiger partial charge in [0.2, 0.25) is 0 Å². The lowest BCUT2D eigenvalue weighted by Crippen LogP contribution is -2.02. The number of nitrogens with zero attached hydrogens (tertiary/aromatic N) is 1. The number of carboxylic acids is 1. The number of carboxylic acid groups (broad SMARTS) is 1. The van der Waals surface area contributed by atoms with Crippen LogP contribution in [0.25, 0.3) is 11.6 Å². The Morgan fingerprint density at radius 1 is 1.04 bits per heavy atom. The Morgan fingerprint density at radius 3 is 2.18 bits per heavy atom. The summed E-state index contributed by atoms with van der Waals surface area (Å²) in [6, 6.07) is 18.6. The van der Waals surface area contributed by atoms with E-state index in [-0.39, 0.29) is 6.10 Å². The Kier molecular flexibility index (Phi) is 11.7. The van der Waals surface area contributed by atoms with E-state index < -0.39 is 5.97 Å². The van der Waals surface area contributed by atoms with Gasteiger partial charge < -0.3 is 9.94 Å². The summed E-state index contributed by atoms with van der Waals surface area (Å²) in [6.45, 7) is 4.04. The summed E-state index contributed by atoms with van der Waals surface area (Å²) in [4.78, 5) is 25.4. The Bertz CT molecular complexity index is 714. The van der Waals surface area contributed by atoms with Crippen molar-refractivity contribution in [2.75, 3.05) is 0 Å². The molecule has 2 rings (SSSR count). The summed E-state index contributed by atoms with van der Waals surface area (Å²) in [7, 11) is 0. The molecule has 0 amide bonds. The highest BCUT2D eigenvalue weighted by atomic mass is 16.7. The van der Waals surface area contributed by atoms with Crippen LogP contribution in [0.2, 0.25) is 0 Å². The summed E-state index contributed by atoms with van der Waals surface area (Å²) in [5, 5.41) is 11.6. The van der Waals surface area contributed by atoms with E-state index in [0.29, 0.717) is 11.1 Å². The highest BCUT2D eigenvalue weighted by Gasteiger charge is 2.09. The molecule has 0 saturated heterocycles. The van der Waals surface area contributed by atoms with Crippen LogP contribution in [0.1, 0.15) is 57.1 Å². The third-order valence-electron chi connectivity index (χ3n) is 4.11. The third-order valence-corrected chi connectivity index (χ3v) is 4.11. The Morgan fingerprint density at radius 2 is 1.64 bits per heavy atom. The fraction of sp³-hybridized carbons (Fsp3) is 0.348. The number of aliphatic carboxylic acids is 1. The Hall–Kier alpha value is -2.95. The van der Waals surface area contributed by atoms with Crippen LogP contribution in [0.5, 0.6) is 0 Å². The molecule has 0 fully saturated rings. The van der Waals surface area contributed by atoms with Crippen molar-refractivity contribution >= 4 is 17.6 Å². The van der Waals surface area contributed by atoms with E-state index in [2.05, 4.69) is 17.1 Å². The molecular weight excluding hydrogens is 354 g/mol. The molecule has 0 radical (unpaired) electrons. The van der Waals surface area contributed by atoms with Gasteiger partial charge in [-0.2, -0.15) is 0 Å². The minimum Gasteiger partial charge on any atom is -0.478 e. The molecule has 1 N–H and O–H groups in total. The van der Waals surface area contributed by atoms with Gasteiger partial charge in [0.25, 0.3) is 0 Å². The zero-order valence-corrected chi connectivity index (χ0v) is 16.6. The van der Waals surface area contributed by atoms with Crippen LogP contribution >= 0.6 is 0 Å². The maximum Gasteiger partial charge on any atom is 0.336 e. The number of benzene rings is 2. The quantitative estimate of drug-likeness (QED) is 0.170. The second-order valence-electron chi connectivity index (χ2n) is 6.48. The lowest BCUT2D eigenvalue weighted by atomic mass is 10.0. The van der Waals surface area contributed by atoms with Crippen molar-refractivity contribution < 1.29 is 14.7 Å². The molecule has 0 aliphatic heterocycles. The van der Waals surface area contributed by atoms with Gasteiger partial charge in [-0.1, -0.05) is 86.8 Å². The maximum atomic E-state index is 11.2. The van der Waals surface area contributed by atoms with Gasteiger partial charge in [-0.25, -0.2) is 4.79 Å². The van der Waals surface area contributed by atoms with E-state index >= 15 is 0 Å². The predicted molar refractivity (Wildman–Crippen MR) is 113 cm³/mol. The molecule has 2 aromatic rings. The summed E-state index contributed by atoms with van der Waals surface area (Å²) in [6.07, 6.45) is 7.46. The van der Waals surface area contributed by atoms with Crippen molar-refractivity contribution in [1.82, 2.24) is 0 Å². The molecule has 0 bridgehead atoms. The average molecular weight is 383 g/mol. The van der Waals surface area contributed by atoms with Gasteiger partial charge in [0, 0.05) is 0 Å². The van der Waals surface area contributed by atoms with Crippen LogP contribution in [-0.2, 0) is 9.63 Å². The van der Waals surface area contributed by atoms with Crippen molar-refractivity contribution in [2.24, 2.45) is 5.34 Å². The van der Waals surface area contributed by atoms with E-state index in [4.69, 9.17) is 0 Å². The molecule has 0 aliphatic rings. The van der Waals surface area contributed by atoms with E-state index in [1.807, 2.05) is 55.5 Å². The van der Waals surface area contributed by atoms with E-state index in [0.717, 1.165) is 18.4 Å². The highest BCUT2D eigenvalue weighted by molar-refractivity contribution is 6.20. The first-order valence-electron chi connectivity index (χ1n) is 9.62. The molecule has 1 unspecified atom stereocenters. The summed E-state index contributed by atoms with van der Waals surface area (Å²) in [5.74, 6) is -0.917. The summed E-state index contributed by atoms with van der Waals surface area (Å²) < 4.78 is 0. The van der Waals surface area contributed by atoms with Crippen molar-refractivity contribution in [3.63, 3.8) is 0 Å². The van der Waals surface area contributed by atoms with E-state index in [1.54, 1.807) is 18.2 Å². The maximum absolute atomic E-state index is 11.2. The Balaban J connectivity index is 0.000000311. The number of unbranched alkanes of at least 4 members (excludes halogenated alkanes) is 3. The van der Waals surface area contributed by atoms with E-state index in [9.17, 15) is 14.8 Å². The van der Waals surface area contributed by atoms with Crippen molar-refractivity contribution in [2.45, 2.75) is 52.1 Å². The van der Waals surface area contributed by atoms with Gasteiger partial charge in [0.15, 0.2) is 5.34 Å². The first-order valence-corrected chi connectivity index (χ1v) is 9.62. The first-order chi connectivity index (χ1) is 13.6. The van der Waals surface area contributed by atoms with Gasteiger partial charge in [0.05, 0.1) is 5.57 Å². The van der Waals surface area contributed by atoms with Crippen LogP contribution in [0, 0.1) is 4.91 Å². The normalized spacial score (nSPS) is 11.7. The van der Waals surface area contributed by atoms with Crippen LogP contribution in [0.4, 0.5) is 0 Å². The van der Waals surface area contributed by atoms with Crippen LogP contribution in [-0.4, -0.2) is 17.2 Å². The first kappa shape index (κ1) is 23.1. The predicted octanol–water partition coefficient (Wildman–Crippen LogP) is 6.36. The van der Waals surface area contributed by atoms with Gasteiger partial charge in [-0.05, 0) is 37.0 Å². The fourth-order valence-corrected chi connectivity index (χ4v) is 2.59. The van der Waals surface area contributed by atoms with Crippen LogP contribution in [0.15, 0.2) is 66.0 Å². The third kappa shape index (κ3) is 9.67. The molecule has 5 nitrogen and oxygen atoms in total. The smallest absolute Gasteiger partial charge is 0.336 e. The van der Waals surface area contributed by atoms with Gasteiger partial charge in [-0.3, -0.25) is 0 Å². The molecule has 2 aromatic carbocycles. The van der Waals surface area contributed by atoms with Gasteiger partial charge >= 0.3 is 5.97 Å². The molecule has 0 saturated carbocycles. The van der Waals surface area contributed by atoms with Crippen molar-refractivity contribution in [3.05, 3.63) is 76.7 Å². The SMILES string of the molecule is CCCCCCC(C)ON=O.O=C(O)C(=Cc1ccccc1)c1ccccc1. The molecule has 0 heterocycles. The molecule has 28 heavy (non-hydrogen) atoms. The minimum atomic E-state index is -0.917. The largest absolute Gasteiger partial charge is 0.478 e. The van der Waals surface area contributed by atoms with E-state index in [1.165, 1.54) is 19.3 Å². The molecular formula is C23H29NO4. The topological polar surface area (TPSA) is 76.0 Å². The number of hydrogen-bond donors (Lipinski definition) is 1. The van der Waals surface area contributed by atoms with Crippen molar-refractivity contribution in [1.29, 1.82) is 0 Å². The summed E-state index contributed by atoms with van der Waals surface area (Å²) in [5.41, 5.74) is 1.90. The fourth-order valence-electron chi connectivity index (χ4n) is 2.59. The molecule has 0 aliphatic carbocycles. The molecule has 0 spiro atoms. The van der Waals surface area contributed by atoms with Crippen molar-refractivity contribution in [3.8, 4) is 0 Å². The second-order valence-corrected chi connectivity index (χ2v) is 6.48. The molecule has 5 heteroatoms. The Labute approximate surface area is 167 Å². The molecule has 150 valence electrons. The second kappa shape index (κ2) is 14.2. The lowest BCUT2D eigenvalue weighted by Gasteiger charge is -2.05. The minimum absolute atomic E-state index is 0.00986. The van der Waals surface area contributed by atoms with Crippen LogP contribution < -0.4 is 0 Å². The zero-order chi connectivity index (χ0) is 20.6. The average Bonchev–Trinajstić information content (AvgIpc) is 2.71. The van der Waals surface area contributed by atoms with Crippen LogP contribution in [0.3, 0.4) is 0 Å². The summed E-state index contributed by atoms with van der Waals surface area (Å²) >= 11 is 0.